The van der Waals surface area contributed by atoms with Crippen LogP contribution in [0.4, 0.5) is 10.3 Å². The first-order chi connectivity index (χ1) is 16.0. The van der Waals surface area contributed by atoms with Gasteiger partial charge < -0.3 is 19.5 Å². The van der Waals surface area contributed by atoms with Crippen molar-refractivity contribution in [3.05, 3.63) is 76.9 Å². The van der Waals surface area contributed by atoms with Crippen LogP contribution in [0.15, 0.2) is 48.7 Å². The lowest BCUT2D eigenvalue weighted by Crippen LogP contribution is -2.26. The average molecular weight is 451 g/mol. The van der Waals surface area contributed by atoms with E-state index in [1.807, 2.05) is 18.2 Å². The maximum absolute atomic E-state index is 13.2. The van der Waals surface area contributed by atoms with Crippen molar-refractivity contribution in [3.8, 4) is 11.5 Å². The Morgan fingerprint density at radius 3 is 2.64 bits per heavy atom. The monoisotopic (exact) mass is 451 g/mol. The lowest BCUT2D eigenvalue weighted by atomic mass is 10.0. The van der Waals surface area contributed by atoms with Crippen molar-refractivity contribution in [2.45, 2.75) is 31.7 Å². The molecule has 33 heavy (non-hydrogen) atoms. The van der Waals surface area contributed by atoms with Gasteiger partial charge in [0.05, 0.1) is 31.5 Å². The van der Waals surface area contributed by atoms with Gasteiger partial charge in [0.2, 0.25) is 5.95 Å². The summed E-state index contributed by atoms with van der Waals surface area (Å²) >= 11 is 0. The zero-order valence-electron chi connectivity index (χ0n) is 18.6. The zero-order valence-corrected chi connectivity index (χ0v) is 18.6. The molecule has 4 rings (SSSR count). The van der Waals surface area contributed by atoms with E-state index in [4.69, 9.17) is 9.47 Å². The van der Waals surface area contributed by atoms with Crippen LogP contribution in [-0.2, 0) is 12.8 Å². The van der Waals surface area contributed by atoms with E-state index < -0.39 is 5.97 Å². The van der Waals surface area contributed by atoms with Crippen LogP contribution in [0.2, 0.25) is 0 Å². The first kappa shape index (κ1) is 22.5. The average Bonchev–Trinajstić information content (AvgIpc) is 3.32. The van der Waals surface area contributed by atoms with E-state index in [0.717, 1.165) is 36.3 Å². The van der Waals surface area contributed by atoms with E-state index >= 15 is 0 Å². The van der Waals surface area contributed by atoms with Gasteiger partial charge in [-0.3, -0.25) is 0 Å². The second-order valence-corrected chi connectivity index (χ2v) is 7.92. The van der Waals surface area contributed by atoms with Gasteiger partial charge in [0.1, 0.15) is 17.3 Å². The molecule has 0 unspecified atom stereocenters. The molecule has 0 saturated carbocycles. The highest BCUT2D eigenvalue weighted by molar-refractivity contribution is 5.88. The summed E-state index contributed by atoms with van der Waals surface area (Å²) < 4.78 is 24.1. The standard InChI is InChI=1S/C25H26FN3O4/c1-32-18-10-11-19(23(14-18)33-2)22-4-3-13-29(22)25-27-15-20(24(30)31)21(28-25)12-7-16-5-8-17(26)9-6-16/h5-6,8-11,14-15,22H,3-4,7,12-13H2,1-2H3,(H,30,31)/t22-/m1/s1. The third-order valence-electron chi connectivity index (χ3n) is 5.96. The molecule has 1 atom stereocenters. The second kappa shape index (κ2) is 9.85. The Hall–Kier alpha value is -3.68. The second-order valence-electron chi connectivity index (χ2n) is 7.92. The Kier molecular flexibility index (Phi) is 6.72. The smallest absolute Gasteiger partial charge is 0.339 e. The molecular weight excluding hydrogens is 425 g/mol. The SMILES string of the molecule is COc1ccc([C@H]2CCCN2c2ncc(C(=O)O)c(CCc3ccc(F)cc3)n2)c(OC)c1. The van der Waals surface area contributed by atoms with E-state index in [-0.39, 0.29) is 17.4 Å². The number of halogens is 1. The van der Waals surface area contributed by atoms with Crippen LogP contribution in [-0.4, -0.2) is 41.8 Å². The van der Waals surface area contributed by atoms with E-state index in [0.29, 0.717) is 30.2 Å². The number of carboxylic acids is 1. The maximum atomic E-state index is 13.2. The summed E-state index contributed by atoms with van der Waals surface area (Å²) in [5, 5.41) is 9.63. The zero-order chi connectivity index (χ0) is 23.4. The molecular formula is C25H26FN3O4. The van der Waals surface area contributed by atoms with E-state index in [2.05, 4.69) is 14.9 Å². The highest BCUT2D eigenvalue weighted by Crippen LogP contribution is 2.40. The quantitative estimate of drug-likeness (QED) is 0.541. The number of aryl methyl sites for hydroxylation is 2. The molecule has 0 radical (unpaired) electrons. The number of carbonyl (C=O) groups is 1. The number of methoxy groups -OCH3 is 2. The lowest BCUT2D eigenvalue weighted by molar-refractivity contribution is 0.0694. The van der Waals surface area contributed by atoms with Gasteiger partial charge in [0.25, 0.3) is 0 Å². The number of aromatic nitrogens is 2. The van der Waals surface area contributed by atoms with Gasteiger partial charge >= 0.3 is 5.97 Å². The number of hydrogen-bond donors (Lipinski definition) is 1. The van der Waals surface area contributed by atoms with Gasteiger partial charge in [-0.15, -0.1) is 0 Å². The van der Waals surface area contributed by atoms with Gasteiger partial charge in [-0.05, 0) is 55.5 Å². The van der Waals surface area contributed by atoms with Crippen molar-refractivity contribution < 1.29 is 23.8 Å². The third kappa shape index (κ3) is 4.89. The topological polar surface area (TPSA) is 84.8 Å². The van der Waals surface area contributed by atoms with Crippen molar-refractivity contribution in [1.82, 2.24) is 9.97 Å². The molecule has 1 fully saturated rings. The fourth-order valence-corrected chi connectivity index (χ4v) is 4.25. The van der Waals surface area contributed by atoms with Crippen LogP contribution in [0.5, 0.6) is 11.5 Å². The minimum absolute atomic E-state index is 0.00600. The number of hydrogen-bond acceptors (Lipinski definition) is 6. The van der Waals surface area contributed by atoms with E-state index in [1.54, 1.807) is 26.4 Å². The van der Waals surface area contributed by atoms with Gasteiger partial charge in [0, 0.05) is 24.4 Å². The molecule has 0 spiro atoms. The molecule has 0 bridgehead atoms. The van der Waals surface area contributed by atoms with Crippen molar-refractivity contribution >= 4 is 11.9 Å². The molecule has 1 saturated heterocycles. The molecule has 3 aromatic rings. The molecule has 7 nitrogen and oxygen atoms in total. The summed E-state index contributed by atoms with van der Waals surface area (Å²) in [6, 6.07) is 11.9. The molecule has 1 aliphatic rings. The summed E-state index contributed by atoms with van der Waals surface area (Å²) in [5.74, 6) is 0.568. The lowest BCUT2D eigenvalue weighted by Gasteiger charge is -2.27. The molecule has 1 aromatic heterocycles. The Bertz CT molecular complexity index is 1140. The Morgan fingerprint density at radius 1 is 1.15 bits per heavy atom. The predicted molar refractivity (Wildman–Crippen MR) is 122 cm³/mol. The molecule has 1 aliphatic heterocycles. The van der Waals surface area contributed by atoms with Crippen molar-refractivity contribution in [3.63, 3.8) is 0 Å². The highest BCUT2D eigenvalue weighted by Gasteiger charge is 2.31. The number of carboxylic acid groups (broad SMARTS) is 1. The molecule has 1 N–H and O–H groups in total. The fraction of sp³-hybridized carbons (Fsp3) is 0.320. The highest BCUT2D eigenvalue weighted by atomic mass is 19.1. The number of rotatable bonds is 8. The van der Waals surface area contributed by atoms with Gasteiger partial charge in [0.15, 0.2) is 0 Å². The first-order valence-electron chi connectivity index (χ1n) is 10.8. The molecule has 8 heteroatoms. The number of nitrogens with zero attached hydrogens (tertiary/aromatic N) is 3. The molecule has 2 heterocycles. The van der Waals surface area contributed by atoms with Crippen LogP contribution in [0.3, 0.4) is 0 Å². The molecule has 2 aromatic carbocycles. The van der Waals surface area contributed by atoms with Crippen molar-refractivity contribution in [2.24, 2.45) is 0 Å². The summed E-state index contributed by atoms with van der Waals surface area (Å²) in [4.78, 5) is 22.9. The summed E-state index contributed by atoms with van der Waals surface area (Å²) in [6.45, 7) is 0.754. The molecule has 172 valence electrons. The number of benzene rings is 2. The van der Waals surface area contributed by atoms with Crippen molar-refractivity contribution in [1.29, 1.82) is 0 Å². The predicted octanol–water partition coefficient (Wildman–Crippen LogP) is 4.46. The summed E-state index contributed by atoms with van der Waals surface area (Å²) in [7, 11) is 3.24. The molecule has 0 aliphatic carbocycles. The third-order valence-corrected chi connectivity index (χ3v) is 5.96. The van der Waals surface area contributed by atoms with Crippen LogP contribution >= 0.6 is 0 Å². The maximum Gasteiger partial charge on any atom is 0.339 e. The number of aromatic carboxylic acids is 1. The normalized spacial score (nSPS) is 15.5. The van der Waals surface area contributed by atoms with Crippen LogP contribution in [0.1, 0.15) is 46.1 Å². The van der Waals surface area contributed by atoms with E-state index in [9.17, 15) is 14.3 Å². The van der Waals surface area contributed by atoms with Gasteiger partial charge in [-0.2, -0.15) is 0 Å². The van der Waals surface area contributed by atoms with E-state index in [1.165, 1.54) is 18.3 Å². The fourth-order valence-electron chi connectivity index (χ4n) is 4.25. The number of anilines is 1. The summed E-state index contributed by atoms with van der Waals surface area (Å²) in [6.07, 6.45) is 4.19. The van der Waals surface area contributed by atoms with Crippen LogP contribution in [0, 0.1) is 5.82 Å². The number of ether oxygens (including phenoxy) is 2. The largest absolute Gasteiger partial charge is 0.497 e. The minimum atomic E-state index is -1.06. The Labute approximate surface area is 191 Å². The Balaban J connectivity index is 1.63. The minimum Gasteiger partial charge on any atom is -0.497 e. The van der Waals surface area contributed by atoms with Gasteiger partial charge in [-0.25, -0.2) is 19.2 Å². The van der Waals surface area contributed by atoms with Crippen LogP contribution in [0.25, 0.3) is 0 Å². The first-order valence-corrected chi connectivity index (χ1v) is 10.8. The van der Waals surface area contributed by atoms with Crippen molar-refractivity contribution in [2.75, 3.05) is 25.7 Å². The Morgan fingerprint density at radius 2 is 1.94 bits per heavy atom. The van der Waals surface area contributed by atoms with Gasteiger partial charge in [-0.1, -0.05) is 12.1 Å². The van der Waals surface area contributed by atoms with Crippen LogP contribution < -0.4 is 14.4 Å². The summed E-state index contributed by atoms with van der Waals surface area (Å²) in [5.41, 5.74) is 2.47. The molecule has 0 amide bonds.